The molecule has 2 rings (SSSR count). The summed E-state index contributed by atoms with van der Waals surface area (Å²) in [5, 5.41) is 4.37. The number of halogens is 2. The predicted molar refractivity (Wildman–Crippen MR) is 103 cm³/mol. The van der Waals surface area contributed by atoms with Crippen molar-refractivity contribution in [2.45, 2.75) is 52.4 Å². The second kappa shape index (κ2) is 8.42. The van der Waals surface area contributed by atoms with Gasteiger partial charge in [0, 0.05) is 19.2 Å². The van der Waals surface area contributed by atoms with Crippen molar-refractivity contribution in [2.75, 3.05) is 6.61 Å². The van der Waals surface area contributed by atoms with Crippen LogP contribution in [0.2, 0.25) is 25.7 Å². The zero-order valence-corrected chi connectivity index (χ0v) is 17.9. The molecule has 2 aromatic rings. The minimum atomic E-state index is -1.15. The van der Waals surface area contributed by atoms with Crippen molar-refractivity contribution in [2.24, 2.45) is 0 Å². The molecule has 0 spiro atoms. The van der Waals surface area contributed by atoms with E-state index in [-0.39, 0.29) is 24.5 Å². The predicted octanol–water partition coefficient (Wildman–Crippen LogP) is 4.95. The number of benzene rings is 1. The fraction of sp³-hybridized carbons (Fsp3) is 0.529. The molecule has 8 heteroatoms. The van der Waals surface area contributed by atoms with Crippen LogP contribution < -0.4 is 4.74 Å². The van der Waals surface area contributed by atoms with Crippen LogP contribution >= 0.6 is 15.9 Å². The first-order valence-electron chi connectivity index (χ1n) is 8.30. The number of aromatic nitrogens is 3. The summed E-state index contributed by atoms with van der Waals surface area (Å²) in [7, 11) is -1.15. The van der Waals surface area contributed by atoms with Crippen LogP contribution in [-0.2, 0) is 11.5 Å². The molecule has 0 aliphatic heterocycles. The summed E-state index contributed by atoms with van der Waals surface area (Å²) in [4.78, 5) is 4.34. The third kappa shape index (κ3) is 6.20. The molecule has 138 valence electrons. The van der Waals surface area contributed by atoms with Gasteiger partial charge in [-0.25, -0.2) is 4.39 Å². The van der Waals surface area contributed by atoms with Crippen LogP contribution in [0.15, 0.2) is 22.7 Å². The van der Waals surface area contributed by atoms with Gasteiger partial charge in [-0.2, -0.15) is 9.67 Å². The molecule has 1 heterocycles. The van der Waals surface area contributed by atoms with Gasteiger partial charge in [0.25, 0.3) is 0 Å². The number of hydrogen-bond acceptors (Lipinski definition) is 4. The topological polar surface area (TPSA) is 49.2 Å². The lowest BCUT2D eigenvalue weighted by Gasteiger charge is -2.15. The van der Waals surface area contributed by atoms with E-state index in [1.165, 1.54) is 6.07 Å². The van der Waals surface area contributed by atoms with Crippen molar-refractivity contribution >= 4 is 24.0 Å². The summed E-state index contributed by atoms with van der Waals surface area (Å²) in [6.45, 7) is 11.6. The van der Waals surface area contributed by atoms with Gasteiger partial charge >= 0.3 is 6.01 Å². The van der Waals surface area contributed by atoms with Crippen LogP contribution in [0.25, 0.3) is 11.4 Å². The largest absolute Gasteiger partial charge is 0.461 e. The fourth-order valence-electron chi connectivity index (χ4n) is 2.02. The summed E-state index contributed by atoms with van der Waals surface area (Å²) >= 11 is 3.25. The van der Waals surface area contributed by atoms with Gasteiger partial charge < -0.3 is 9.47 Å². The van der Waals surface area contributed by atoms with E-state index in [1.807, 2.05) is 13.8 Å². The van der Waals surface area contributed by atoms with E-state index in [1.54, 1.807) is 16.8 Å². The Hall–Kier alpha value is -1.25. The van der Waals surface area contributed by atoms with E-state index in [2.05, 4.69) is 45.7 Å². The molecule has 0 N–H and O–H groups in total. The molecule has 0 radical (unpaired) electrons. The van der Waals surface area contributed by atoms with Crippen molar-refractivity contribution in [3.63, 3.8) is 0 Å². The molecule has 0 fully saturated rings. The van der Waals surface area contributed by atoms with Crippen LogP contribution in [-0.4, -0.2) is 35.5 Å². The van der Waals surface area contributed by atoms with E-state index in [9.17, 15) is 4.39 Å². The molecule has 0 amide bonds. The second-order valence-corrected chi connectivity index (χ2v) is 13.9. The molecular weight excluding hydrogens is 405 g/mol. The first-order chi connectivity index (χ1) is 11.7. The Bertz CT molecular complexity index is 716. The van der Waals surface area contributed by atoms with Gasteiger partial charge in [-0.3, -0.25) is 0 Å². The average Bonchev–Trinajstić information content (AvgIpc) is 2.84. The Morgan fingerprint density at radius 2 is 2.00 bits per heavy atom. The molecule has 5 nitrogen and oxygen atoms in total. The Morgan fingerprint density at radius 1 is 1.28 bits per heavy atom. The summed E-state index contributed by atoms with van der Waals surface area (Å²) in [6, 6.07) is 6.19. The number of rotatable bonds is 8. The van der Waals surface area contributed by atoms with Gasteiger partial charge in [-0.1, -0.05) is 35.6 Å². The van der Waals surface area contributed by atoms with Crippen LogP contribution in [0.4, 0.5) is 4.39 Å². The van der Waals surface area contributed by atoms with E-state index in [0.717, 1.165) is 6.04 Å². The lowest BCUT2D eigenvalue weighted by molar-refractivity contribution is 0.0659. The lowest BCUT2D eigenvalue weighted by Crippen LogP contribution is -2.22. The maximum absolute atomic E-state index is 14.2. The SMILES string of the molecule is CC(C)Oc1nc(-c2ccc(Br)cc2F)nn1COCC[Si](C)(C)C. The van der Waals surface area contributed by atoms with Crippen molar-refractivity contribution in [3.8, 4) is 17.4 Å². The lowest BCUT2D eigenvalue weighted by atomic mass is 10.2. The number of ether oxygens (including phenoxy) is 2. The Balaban J connectivity index is 2.18. The molecule has 0 aliphatic carbocycles. The smallest absolute Gasteiger partial charge is 0.317 e. The molecule has 0 bridgehead atoms. The molecule has 0 unspecified atom stereocenters. The van der Waals surface area contributed by atoms with Crippen molar-refractivity contribution in [1.82, 2.24) is 14.8 Å². The highest BCUT2D eigenvalue weighted by atomic mass is 79.9. The van der Waals surface area contributed by atoms with Crippen LogP contribution in [0.1, 0.15) is 13.8 Å². The Morgan fingerprint density at radius 3 is 2.60 bits per heavy atom. The zero-order valence-electron chi connectivity index (χ0n) is 15.3. The molecule has 0 saturated heterocycles. The third-order valence-electron chi connectivity index (χ3n) is 3.36. The van der Waals surface area contributed by atoms with Gasteiger partial charge in [0.1, 0.15) is 12.5 Å². The molecule has 1 aromatic carbocycles. The number of hydrogen-bond donors (Lipinski definition) is 0. The van der Waals surface area contributed by atoms with E-state index >= 15 is 0 Å². The van der Waals surface area contributed by atoms with E-state index in [4.69, 9.17) is 9.47 Å². The minimum absolute atomic E-state index is 0.0625. The van der Waals surface area contributed by atoms with Gasteiger partial charge in [-0.05, 0) is 38.1 Å². The molecule has 0 saturated carbocycles. The third-order valence-corrected chi connectivity index (χ3v) is 5.56. The highest BCUT2D eigenvalue weighted by Gasteiger charge is 2.18. The maximum atomic E-state index is 14.2. The normalized spacial score (nSPS) is 12.0. The van der Waals surface area contributed by atoms with Gasteiger partial charge in [-0.15, -0.1) is 5.10 Å². The second-order valence-electron chi connectivity index (χ2n) is 7.36. The Kier molecular flexibility index (Phi) is 6.76. The molecule has 0 aliphatic rings. The molecular formula is C17H25BrFN3O2Si. The monoisotopic (exact) mass is 429 g/mol. The highest BCUT2D eigenvalue weighted by Crippen LogP contribution is 2.25. The van der Waals surface area contributed by atoms with Gasteiger partial charge in [0.2, 0.25) is 0 Å². The van der Waals surface area contributed by atoms with Crippen LogP contribution in [0.3, 0.4) is 0 Å². The zero-order chi connectivity index (χ0) is 18.6. The fourth-order valence-corrected chi connectivity index (χ4v) is 3.11. The average molecular weight is 430 g/mol. The standard InChI is InChI=1S/C17H25BrFN3O2Si/c1-12(2)24-17-20-16(14-7-6-13(18)10-15(14)19)21-22(17)11-23-8-9-25(3,4)5/h6-7,10,12H,8-9,11H2,1-5H3. The first-order valence-corrected chi connectivity index (χ1v) is 12.8. The quantitative estimate of drug-likeness (QED) is 0.440. The van der Waals surface area contributed by atoms with Crippen molar-refractivity contribution in [3.05, 3.63) is 28.5 Å². The van der Waals surface area contributed by atoms with Crippen molar-refractivity contribution in [1.29, 1.82) is 0 Å². The van der Waals surface area contributed by atoms with E-state index < -0.39 is 8.07 Å². The number of nitrogens with zero attached hydrogens (tertiary/aromatic N) is 3. The van der Waals surface area contributed by atoms with Crippen LogP contribution in [0.5, 0.6) is 6.01 Å². The molecule has 0 atom stereocenters. The molecule has 25 heavy (non-hydrogen) atoms. The molecule has 1 aromatic heterocycles. The highest BCUT2D eigenvalue weighted by molar-refractivity contribution is 9.10. The minimum Gasteiger partial charge on any atom is -0.461 e. The van der Waals surface area contributed by atoms with Gasteiger partial charge in [0.05, 0.1) is 11.7 Å². The van der Waals surface area contributed by atoms with Crippen LogP contribution in [0, 0.1) is 5.82 Å². The maximum Gasteiger partial charge on any atom is 0.317 e. The van der Waals surface area contributed by atoms with E-state index in [0.29, 0.717) is 22.7 Å². The first kappa shape index (κ1) is 20.1. The van der Waals surface area contributed by atoms with Gasteiger partial charge in [0.15, 0.2) is 5.82 Å². The summed E-state index contributed by atoms with van der Waals surface area (Å²) < 4.78 is 27.8. The summed E-state index contributed by atoms with van der Waals surface area (Å²) in [5.74, 6) is -0.100. The summed E-state index contributed by atoms with van der Waals surface area (Å²) in [5.41, 5.74) is 0.331. The Labute approximate surface area is 157 Å². The van der Waals surface area contributed by atoms with Crippen molar-refractivity contribution < 1.29 is 13.9 Å². The summed E-state index contributed by atoms with van der Waals surface area (Å²) in [6.07, 6.45) is -0.0625.